The molecule has 6 nitrogen and oxygen atoms in total. The minimum Gasteiger partial charge on any atom is -0.324 e. The van der Waals surface area contributed by atoms with Gasteiger partial charge in [0.25, 0.3) is 0 Å². The molecular formula is C20H25N3O3. The van der Waals surface area contributed by atoms with Crippen LogP contribution in [0.1, 0.15) is 43.4 Å². The van der Waals surface area contributed by atoms with Gasteiger partial charge in [0.1, 0.15) is 5.54 Å². The summed E-state index contributed by atoms with van der Waals surface area (Å²) in [5.74, 6) is -1.75. The van der Waals surface area contributed by atoms with Gasteiger partial charge in [-0.15, -0.1) is 0 Å². The molecule has 3 heterocycles. The number of carbonyl (C=O) groups is 3. The maximum absolute atomic E-state index is 13.2. The number of likely N-dealkylation sites (tertiary alicyclic amines) is 1. The Balaban J connectivity index is 1.85. The van der Waals surface area contributed by atoms with Gasteiger partial charge >= 0.3 is 0 Å². The van der Waals surface area contributed by atoms with E-state index in [1.807, 2.05) is 39.8 Å². The van der Waals surface area contributed by atoms with E-state index in [0.717, 1.165) is 35.2 Å². The lowest BCUT2D eigenvalue weighted by molar-refractivity contribution is -0.142. The molecule has 2 N–H and O–H groups in total. The van der Waals surface area contributed by atoms with Crippen LogP contribution >= 0.6 is 0 Å². The lowest BCUT2D eigenvalue weighted by Crippen LogP contribution is -2.52. The highest BCUT2D eigenvalue weighted by molar-refractivity contribution is 6.15. The summed E-state index contributed by atoms with van der Waals surface area (Å²) >= 11 is 0. The third-order valence-electron chi connectivity index (χ3n) is 6.40. The second-order valence-corrected chi connectivity index (χ2v) is 7.81. The van der Waals surface area contributed by atoms with Gasteiger partial charge in [-0.2, -0.15) is 0 Å². The Morgan fingerprint density at radius 2 is 1.88 bits per heavy atom. The first-order valence-electron chi connectivity index (χ1n) is 9.39. The lowest BCUT2D eigenvalue weighted by atomic mass is 9.76. The number of nitrogens with zero attached hydrogens (tertiary/aromatic N) is 1. The summed E-state index contributed by atoms with van der Waals surface area (Å²) in [5, 5.41) is 6.32. The van der Waals surface area contributed by atoms with Gasteiger partial charge in [-0.05, 0) is 38.3 Å². The van der Waals surface area contributed by atoms with Gasteiger partial charge < -0.3 is 5.32 Å². The molecule has 3 amide bonds. The van der Waals surface area contributed by atoms with E-state index in [2.05, 4.69) is 10.6 Å². The maximum atomic E-state index is 13.2. The SMILES string of the molecule is CCCCN1C(=O)[C@H]2C(C)NC3(C(=O)Nc4c3ccc(C)c4C)[C@H]2C1=O. The molecule has 6 heteroatoms. The van der Waals surface area contributed by atoms with Crippen LogP contribution in [0.15, 0.2) is 12.1 Å². The van der Waals surface area contributed by atoms with Gasteiger partial charge in [-0.3, -0.25) is 24.6 Å². The molecule has 3 aliphatic rings. The van der Waals surface area contributed by atoms with Gasteiger partial charge in [-0.25, -0.2) is 0 Å². The fourth-order valence-corrected chi connectivity index (χ4v) is 4.88. The number of hydrogen-bond acceptors (Lipinski definition) is 4. The normalized spacial score (nSPS) is 32.4. The van der Waals surface area contributed by atoms with Crippen LogP contribution in [0.4, 0.5) is 5.69 Å². The molecule has 4 atom stereocenters. The van der Waals surface area contributed by atoms with Crippen LogP contribution < -0.4 is 10.6 Å². The van der Waals surface area contributed by atoms with Crippen LogP contribution in [0.5, 0.6) is 0 Å². The highest BCUT2D eigenvalue weighted by Gasteiger charge is 2.69. The van der Waals surface area contributed by atoms with Crippen LogP contribution in [-0.4, -0.2) is 35.2 Å². The smallest absolute Gasteiger partial charge is 0.250 e. The standard InChI is InChI=1S/C20H25N3O3/c1-5-6-9-23-17(24)14-12(4)22-20(15(14)18(23)25)13-8-7-10(2)11(3)16(13)21-19(20)26/h7-8,12,14-15,22H,5-6,9H2,1-4H3,(H,21,26)/t12?,14-,15+,20?/m0/s1. The number of imide groups is 1. The Morgan fingerprint density at radius 3 is 2.58 bits per heavy atom. The first-order valence-corrected chi connectivity index (χ1v) is 9.39. The third kappa shape index (κ3) is 1.93. The maximum Gasteiger partial charge on any atom is 0.250 e. The molecule has 2 fully saturated rings. The number of benzene rings is 1. The molecule has 2 unspecified atom stereocenters. The number of fused-ring (bicyclic) bond motifs is 4. The minimum absolute atomic E-state index is 0.143. The molecule has 0 aliphatic carbocycles. The number of carbonyl (C=O) groups excluding carboxylic acids is 3. The van der Waals surface area contributed by atoms with Crippen LogP contribution in [0.25, 0.3) is 0 Å². The van der Waals surface area contributed by atoms with Crippen LogP contribution in [0, 0.1) is 25.7 Å². The summed E-state index contributed by atoms with van der Waals surface area (Å²) in [6.07, 6.45) is 1.69. The number of aryl methyl sites for hydroxylation is 1. The molecular weight excluding hydrogens is 330 g/mol. The molecule has 26 heavy (non-hydrogen) atoms. The zero-order chi connectivity index (χ0) is 18.8. The number of hydrogen-bond donors (Lipinski definition) is 2. The average molecular weight is 355 g/mol. The zero-order valence-corrected chi connectivity index (χ0v) is 15.7. The topological polar surface area (TPSA) is 78.5 Å². The quantitative estimate of drug-likeness (QED) is 0.811. The average Bonchev–Trinajstić information content (AvgIpc) is 3.16. The van der Waals surface area contributed by atoms with Crippen molar-refractivity contribution in [3.63, 3.8) is 0 Å². The Bertz CT molecular complexity index is 834. The van der Waals surface area contributed by atoms with Crippen molar-refractivity contribution in [1.82, 2.24) is 10.2 Å². The molecule has 1 spiro atoms. The second-order valence-electron chi connectivity index (χ2n) is 7.81. The Morgan fingerprint density at radius 1 is 1.15 bits per heavy atom. The molecule has 0 saturated carbocycles. The number of unbranched alkanes of at least 4 members (excludes halogenated alkanes) is 1. The molecule has 138 valence electrons. The minimum atomic E-state index is -1.15. The van der Waals surface area contributed by atoms with E-state index in [0.29, 0.717) is 6.54 Å². The second kappa shape index (κ2) is 5.64. The van der Waals surface area contributed by atoms with Gasteiger partial charge in [-0.1, -0.05) is 25.5 Å². The van der Waals surface area contributed by atoms with E-state index < -0.39 is 17.4 Å². The summed E-state index contributed by atoms with van der Waals surface area (Å²) in [6.45, 7) is 8.33. The summed E-state index contributed by atoms with van der Waals surface area (Å²) in [4.78, 5) is 40.6. The highest BCUT2D eigenvalue weighted by Crippen LogP contribution is 2.53. The van der Waals surface area contributed by atoms with Crippen molar-refractivity contribution >= 4 is 23.4 Å². The van der Waals surface area contributed by atoms with E-state index >= 15 is 0 Å². The molecule has 1 aromatic rings. The van der Waals surface area contributed by atoms with Crippen LogP contribution in [0.3, 0.4) is 0 Å². The Hall–Kier alpha value is -2.21. The lowest BCUT2D eigenvalue weighted by Gasteiger charge is -2.29. The van der Waals surface area contributed by atoms with E-state index in [1.165, 1.54) is 4.90 Å². The Kier molecular flexibility index (Phi) is 3.74. The third-order valence-corrected chi connectivity index (χ3v) is 6.40. The van der Waals surface area contributed by atoms with Gasteiger partial charge in [0.2, 0.25) is 17.7 Å². The van der Waals surface area contributed by atoms with Gasteiger partial charge in [0, 0.05) is 23.8 Å². The fraction of sp³-hybridized carbons (Fsp3) is 0.550. The first-order chi connectivity index (χ1) is 12.3. The van der Waals surface area contributed by atoms with E-state index in [-0.39, 0.29) is 23.8 Å². The first kappa shape index (κ1) is 17.2. The van der Waals surface area contributed by atoms with Crippen molar-refractivity contribution in [2.45, 2.75) is 52.1 Å². The van der Waals surface area contributed by atoms with E-state index in [9.17, 15) is 14.4 Å². The molecule has 4 rings (SSSR count). The van der Waals surface area contributed by atoms with Crippen molar-refractivity contribution in [3.05, 3.63) is 28.8 Å². The Labute approximate surface area is 153 Å². The fourth-order valence-electron chi connectivity index (χ4n) is 4.88. The number of amides is 3. The molecule has 0 aromatic heterocycles. The summed E-state index contributed by atoms with van der Waals surface area (Å²) in [6, 6.07) is 3.66. The molecule has 1 aromatic carbocycles. The summed E-state index contributed by atoms with van der Waals surface area (Å²) < 4.78 is 0. The van der Waals surface area contributed by atoms with E-state index in [4.69, 9.17) is 0 Å². The molecule has 0 bridgehead atoms. The predicted octanol–water partition coefficient (Wildman–Crippen LogP) is 1.84. The molecule has 0 radical (unpaired) electrons. The van der Waals surface area contributed by atoms with E-state index in [1.54, 1.807) is 0 Å². The number of anilines is 1. The number of nitrogens with one attached hydrogen (secondary N) is 2. The van der Waals surface area contributed by atoms with Gasteiger partial charge in [0.15, 0.2) is 0 Å². The molecule has 3 aliphatic heterocycles. The van der Waals surface area contributed by atoms with Crippen molar-refractivity contribution in [2.75, 3.05) is 11.9 Å². The summed E-state index contributed by atoms with van der Waals surface area (Å²) in [7, 11) is 0. The van der Waals surface area contributed by atoms with Crippen LogP contribution in [0.2, 0.25) is 0 Å². The zero-order valence-electron chi connectivity index (χ0n) is 15.7. The van der Waals surface area contributed by atoms with Crippen molar-refractivity contribution in [1.29, 1.82) is 0 Å². The highest BCUT2D eigenvalue weighted by atomic mass is 16.2. The predicted molar refractivity (Wildman–Crippen MR) is 97.4 cm³/mol. The largest absolute Gasteiger partial charge is 0.324 e. The summed E-state index contributed by atoms with van der Waals surface area (Å²) in [5.41, 5.74) is 2.52. The van der Waals surface area contributed by atoms with Crippen molar-refractivity contribution in [2.24, 2.45) is 11.8 Å². The monoisotopic (exact) mass is 355 g/mol. The van der Waals surface area contributed by atoms with Gasteiger partial charge in [0.05, 0.1) is 11.8 Å². The van der Waals surface area contributed by atoms with Crippen molar-refractivity contribution in [3.8, 4) is 0 Å². The van der Waals surface area contributed by atoms with Crippen molar-refractivity contribution < 1.29 is 14.4 Å². The van der Waals surface area contributed by atoms with Crippen LogP contribution in [-0.2, 0) is 19.9 Å². The number of rotatable bonds is 3. The molecule has 2 saturated heterocycles.